The zero-order valence-corrected chi connectivity index (χ0v) is 14.1. The Labute approximate surface area is 138 Å². The van der Waals surface area contributed by atoms with Crippen LogP contribution in [0.3, 0.4) is 0 Å². The summed E-state index contributed by atoms with van der Waals surface area (Å²) in [5, 5.41) is 5.42. The molecule has 0 aliphatic carbocycles. The number of carbonyl (C=O) groups is 2. The van der Waals surface area contributed by atoms with Crippen molar-refractivity contribution in [1.82, 2.24) is 15.5 Å². The molecular weight excluding hydrogens is 290 g/mol. The van der Waals surface area contributed by atoms with Crippen LogP contribution in [0.15, 0.2) is 24.3 Å². The molecule has 1 aromatic rings. The van der Waals surface area contributed by atoms with Crippen molar-refractivity contribution in [3.8, 4) is 0 Å². The molecule has 5 heteroatoms. The number of benzene rings is 1. The largest absolute Gasteiger partial charge is 0.350 e. The minimum atomic E-state index is -0.508. The third kappa shape index (κ3) is 6.02. The van der Waals surface area contributed by atoms with Crippen molar-refractivity contribution in [2.24, 2.45) is 0 Å². The van der Waals surface area contributed by atoms with Crippen LogP contribution in [0.4, 0.5) is 0 Å². The zero-order valence-electron chi connectivity index (χ0n) is 14.1. The van der Waals surface area contributed by atoms with Crippen molar-refractivity contribution >= 4 is 11.8 Å². The van der Waals surface area contributed by atoms with E-state index in [1.807, 2.05) is 0 Å². The Bertz CT molecular complexity index is 522. The number of carbonyl (C=O) groups excluding carboxylic acids is 2. The lowest BCUT2D eigenvalue weighted by Crippen LogP contribution is -2.43. The second-order valence-corrected chi connectivity index (χ2v) is 6.29. The van der Waals surface area contributed by atoms with Crippen molar-refractivity contribution in [1.29, 1.82) is 0 Å². The summed E-state index contributed by atoms with van der Waals surface area (Å²) in [6, 6.07) is 7.87. The molecule has 1 aromatic carbocycles. The van der Waals surface area contributed by atoms with E-state index in [1.165, 1.54) is 44.8 Å². The van der Waals surface area contributed by atoms with Gasteiger partial charge >= 0.3 is 0 Å². The lowest BCUT2D eigenvalue weighted by atomic mass is 10.1. The molecule has 1 aliphatic heterocycles. The molecule has 1 unspecified atom stereocenters. The zero-order chi connectivity index (χ0) is 16.7. The predicted molar refractivity (Wildman–Crippen MR) is 90.7 cm³/mol. The first kappa shape index (κ1) is 17.5. The highest BCUT2D eigenvalue weighted by molar-refractivity contribution is 5.86. The van der Waals surface area contributed by atoms with Crippen LogP contribution in [0.25, 0.3) is 0 Å². The summed E-state index contributed by atoms with van der Waals surface area (Å²) in [4.78, 5) is 25.3. The first-order valence-electron chi connectivity index (χ1n) is 8.39. The number of nitrogens with zero attached hydrogens (tertiary/aromatic N) is 1. The maximum Gasteiger partial charge on any atom is 0.242 e. The summed E-state index contributed by atoms with van der Waals surface area (Å²) in [5.41, 5.74) is 2.38. The summed E-state index contributed by atoms with van der Waals surface area (Å²) in [7, 11) is 0. The summed E-state index contributed by atoms with van der Waals surface area (Å²) in [5.74, 6) is -0.368. The van der Waals surface area contributed by atoms with E-state index >= 15 is 0 Å². The molecule has 5 nitrogen and oxygen atoms in total. The number of amides is 2. The van der Waals surface area contributed by atoms with Gasteiger partial charge in [-0.25, -0.2) is 0 Å². The quantitative estimate of drug-likeness (QED) is 0.841. The normalized spacial score (nSPS) is 16.6. The van der Waals surface area contributed by atoms with Gasteiger partial charge in [-0.15, -0.1) is 0 Å². The maximum atomic E-state index is 11.8. The highest BCUT2D eigenvalue weighted by Crippen LogP contribution is 2.13. The monoisotopic (exact) mass is 317 g/mol. The Kier molecular flexibility index (Phi) is 6.59. The molecule has 0 aromatic heterocycles. The van der Waals surface area contributed by atoms with Crippen LogP contribution < -0.4 is 10.6 Å². The standard InChI is InChI=1S/C18H27N3O2/c1-14(20-15(2)22)18(23)19-12-16-6-8-17(9-7-16)13-21-10-4-3-5-11-21/h6-9,14H,3-5,10-13H2,1-2H3,(H,19,23)(H,20,22). The molecule has 2 amide bonds. The molecule has 2 N–H and O–H groups in total. The van der Waals surface area contributed by atoms with Crippen LogP contribution in [-0.2, 0) is 22.7 Å². The lowest BCUT2D eigenvalue weighted by Gasteiger charge is -2.26. The SMILES string of the molecule is CC(=O)NC(C)C(=O)NCc1ccc(CN2CCCCC2)cc1. The van der Waals surface area contributed by atoms with Crippen LogP contribution >= 0.6 is 0 Å². The maximum absolute atomic E-state index is 11.8. The van der Waals surface area contributed by atoms with E-state index in [0.29, 0.717) is 6.54 Å². The Hall–Kier alpha value is -1.88. The molecule has 0 radical (unpaired) electrons. The molecule has 23 heavy (non-hydrogen) atoms. The Morgan fingerprint density at radius 3 is 2.30 bits per heavy atom. The van der Waals surface area contributed by atoms with Gasteiger partial charge in [0.05, 0.1) is 0 Å². The summed E-state index contributed by atoms with van der Waals surface area (Å²) < 4.78 is 0. The van der Waals surface area contributed by atoms with E-state index in [9.17, 15) is 9.59 Å². The molecule has 1 heterocycles. The smallest absolute Gasteiger partial charge is 0.242 e. The second kappa shape index (κ2) is 8.67. The van der Waals surface area contributed by atoms with Crippen molar-refractivity contribution < 1.29 is 9.59 Å². The average molecular weight is 317 g/mol. The fourth-order valence-electron chi connectivity index (χ4n) is 2.85. The van der Waals surface area contributed by atoms with E-state index < -0.39 is 6.04 Å². The van der Waals surface area contributed by atoms with Crippen LogP contribution in [-0.4, -0.2) is 35.8 Å². The average Bonchev–Trinajstić information content (AvgIpc) is 2.54. The van der Waals surface area contributed by atoms with Gasteiger partial charge in [-0.1, -0.05) is 30.7 Å². The fourth-order valence-corrected chi connectivity index (χ4v) is 2.85. The molecular formula is C18H27N3O2. The molecule has 0 spiro atoms. The molecule has 1 atom stereocenters. The van der Waals surface area contributed by atoms with E-state index in [1.54, 1.807) is 6.92 Å². The number of hydrogen-bond acceptors (Lipinski definition) is 3. The molecule has 1 aliphatic rings. The first-order valence-corrected chi connectivity index (χ1v) is 8.39. The highest BCUT2D eigenvalue weighted by atomic mass is 16.2. The van der Waals surface area contributed by atoms with Gasteiger partial charge < -0.3 is 10.6 Å². The topological polar surface area (TPSA) is 61.4 Å². The van der Waals surface area contributed by atoms with Gasteiger partial charge in [-0.2, -0.15) is 0 Å². The number of rotatable bonds is 6. The predicted octanol–water partition coefficient (Wildman–Crippen LogP) is 1.81. The second-order valence-electron chi connectivity index (χ2n) is 6.29. The Balaban J connectivity index is 1.78. The van der Waals surface area contributed by atoms with Gasteiger partial charge in [-0.05, 0) is 44.0 Å². The minimum absolute atomic E-state index is 0.169. The van der Waals surface area contributed by atoms with Crippen molar-refractivity contribution in [2.45, 2.75) is 52.2 Å². The summed E-state index contributed by atoms with van der Waals surface area (Å²) in [6.45, 7) is 6.96. The van der Waals surface area contributed by atoms with Crippen molar-refractivity contribution in [3.63, 3.8) is 0 Å². The van der Waals surface area contributed by atoms with Crippen molar-refractivity contribution in [2.75, 3.05) is 13.1 Å². The molecule has 0 saturated carbocycles. The summed E-state index contributed by atoms with van der Waals surface area (Å²) in [6.07, 6.45) is 3.96. The van der Waals surface area contributed by atoms with Crippen LogP contribution in [0.1, 0.15) is 44.2 Å². The number of likely N-dealkylation sites (tertiary alicyclic amines) is 1. The molecule has 1 fully saturated rings. The van der Waals surface area contributed by atoms with Crippen LogP contribution in [0.2, 0.25) is 0 Å². The third-order valence-electron chi connectivity index (χ3n) is 4.16. The van der Waals surface area contributed by atoms with Gasteiger partial charge in [0.25, 0.3) is 0 Å². The summed E-state index contributed by atoms with van der Waals surface area (Å²) >= 11 is 0. The van der Waals surface area contributed by atoms with Crippen LogP contribution in [0, 0.1) is 0 Å². The van der Waals surface area contributed by atoms with E-state index in [0.717, 1.165) is 12.1 Å². The molecule has 2 rings (SSSR count). The van der Waals surface area contributed by atoms with E-state index in [-0.39, 0.29) is 11.8 Å². The molecule has 0 bridgehead atoms. The van der Waals surface area contributed by atoms with Gasteiger partial charge in [0.15, 0.2) is 0 Å². The van der Waals surface area contributed by atoms with E-state index in [4.69, 9.17) is 0 Å². The fraction of sp³-hybridized carbons (Fsp3) is 0.556. The number of piperidine rings is 1. The van der Waals surface area contributed by atoms with Gasteiger partial charge in [0, 0.05) is 20.0 Å². The lowest BCUT2D eigenvalue weighted by molar-refractivity contribution is -0.127. The highest BCUT2D eigenvalue weighted by Gasteiger charge is 2.13. The Morgan fingerprint density at radius 1 is 1.09 bits per heavy atom. The molecule has 1 saturated heterocycles. The van der Waals surface area contributed by atoms with Gasteiger partial charge in [0.1, 0.15) is 6.04 Å². The third-order valence-corrected chi connectivity index (χ3v) is 4.16. The minimum Gasteiger partial charge on any atom is -0.350 e. The van der Waals surface area contributed by atoms with Gasteiger partial charge in [-0.3, -0.25) is 14.5 Å². The van der Waals surface area contributed by atoms with Crippen molar-refractivity contribution in [3.05, 3.63) is 35.4 Å². The number of hydrogen-bond donors (Lipinski definition) is 2. The number of nitrogens with one attached hydrogen (secondary N) is 2. The van der Waals surface area contributed by atoms with Gasteiger partial charge in [0.2, 0.25) is 11.8 Å². The molecule has 126 valence electrons. The Morgan fingerprint density at radius 2 is 1.70 bits per heavy atom. The van der Waals surface area contributed by atoms with E-state index in [2.05, 4.69) is 39.8 Å². The van der Waals surface area contributed by atoms with Crippen LogP contribution in [0.5, 0.6) is 0 Å². The first-order chi connectivity index (χ1) is 11.0.